The van der Waals surface area contributed by atoms with Crippen LogP contribution in [0.2, 0.25) is 0 Å². The molecule has 1 heterocycles. The number of amides is 1. The van der Waals surface area contributed by atoms with Crippen molar-refractivity contribution in [3.63, 3.8) is 0 Å². The standard InChI is InChI=1S/C10H10N2O3.2C2H6/c1-10(2)7-5-6(12(14)15)3-4-8(7)11-9(10)13;2*1-2/h3-5H,1-2H3,(H,11,13);2*1-2H3. The third kappa shape index (κ3) is 3.30. The van der Waals surface area contributed by atoms with Crippen LogP contribution < -0.4 is 5.32 Å². The van der Waals surface area contributed by atoms with E-state index < -0.39 is 10.3 Å². The topological polar surface area (TPSA) is 72.2 Å². The first-order valence-corrected chi connectivity index (χ1v) is 6.53. The summed E-state index contributed by atoms with van der Waals surface area (Å²) in [7, 11) is 0. The summed E-state index contributed by atoms with van der Waals surface area (Å²) in [5, 5.41) is 13.3. The van der Waals surface area contributed by atoms with E-state index in [-0.39, 0.29) is 11.6 Å². The first-order valence-electron chi connectivity index (χ1n) is 6.53. The van der Waals surface area contributed by atoms with Crippen molar-refractivity contribution in [2.45, 2.75) is 47.0 Å². The van der Waals surface area contributed by atoms with Crippen LogP contribution in [0.3, 0.4) is 0 Å². The number of fused-ring (bicyclic) bond motifs is 1. The molecule has 0 saturated heterocycles. The van der Waals surface area contributed by atoms with E-state index in [0.717, 1.165) is 0 Å². The van der Waals surface area contributed by atoms with Gasteiger partial charge >= 0.3 is 0 Å². The van der Waals surface area contributed by atoms with Gasteiger partial charge in [-0.2, -0.15) is 0 Å². The molecule has 0 unspecified atom stereocenters. The van der Waals surface area contributed by atoms with Crippen molar-refractivity contribution < 1.29 is 9.72 Å². The fraction of sp³-hybridized carbons (Fsp3) is 0.500. The second-order valence-corrected chi connectivity index (χ2v) is 4.07. The van der Waals surface area contributed by atoms with Crippen LogP contribution in [0.25, 0.3) is 0 Å². The van der Waals surface area contributed by atoms with Gasteiger partial charge in [0.2, 0.25) is 5.91 Å². The minimum atomic E-state index is -0.693. The third-order valence-electron chi connectivity index (χ3n) is 2.70. The van der Waals surface area contributed by atoms with Crippen molar-refractivity contribution in [3.05, 3.63) is 33.9 Å². The number of nitrogens with zero attached hydrogens (tertiary/aromatic N) is 1. The van der Waals surface area contributed by atoms with Gasteiger partial charge in [0.15, 0.2) is 0 Å². The average Bonchev–Trinajstić information content (AvgIpc) is 2.65. The highest BCUT2D eigenvalue weighted by atomic mass is 16.6. The number of nitrogens with one attached hydrogen (secondary N) is 1. The number of benzene rings is 1. The molecule has 0 bridgehead atoms. The Morgan fingerprint density at radius 2 is 1.68 bits per heavy atom. The maximum atomic E-state index is 11.6. The Morgan fingerprint density at radius 3 is 2.16 bits per heavy atom. The molecule has 0 radical (unpaired) electrons. The zero-order valence-electron chi connectivity index (χ0n) is 12.4. The predicted octanol–water partition coefficient (Wildman–Crippen LogP) is 3.88. The minimum Gasteiger partial charge on any atom is -0.325 e. The fourth-order valence-electron chi connectivity index (χ4n) is 1.67. The summed E-state index contributed by atoms with van der Waals surface area (Å²) in [6, 6.07) is 4.41. The Labute approximate surface area is 114 Å². The number of hydrogen-bond acceptors (Lipinski definition) is 3. The number of nitro groups is 1. The lowest BCUT2D eigenvalue weighted by Gasteiger charge is -2.14. The second-order valence-electron chi connectivity index (χ2n) is 4.07. The smallest absolute Gasteiger partial charge is 0.269 e. The molecule has 2 rings (SSSR count). The second kappa shape index (κ2) is 6.87. The molecule has 0 atom stereocenters. The van der Waals surface area contributed by atoms with E-state index >= 15 is 0 Å². The van der Waals surface area contributed by atoms with Crippen LogP contribution in [0.15, 0.2) is 18.2 Å². The Kier molecular flexibility index (Phi) is 6.18. The van der Waals surface area contributed by atoms with Gasteiger partial charge in [-0.1, -0.05) is 27.7 Å². The first kappa shape index (κ1) is 17.1. The van der Waals surface area contributed by atoms with Crippen LogP contribution >= 0.6 is 0 Å². The van der Waals surface area contributed by atoms with Gasteiger partial charge in [0.25, 0.3) is 5.69 Å². The molecule has 0 spiro atoms. The summed E-state index contributed by atoms with van der Waals surface area (Å²) in [5.41, 5.74) is 0.664. The van der Waals surface area contributed by atoms with E-state index in [0.29, 0.717) is 11.3 Å². The molecule has 0 aliphatic carbocycles. The molecule has 1 aromatic carbocycles. The van der Waals surface area contributed by atoms with Gasteiger partial charge in [-0.3, -0.25) is 14.9 Å². The molecule has 1 N–H and O–H groups in total. The molecule has 106 valence electrons. The van der Waals surface area contributed by atoms with Crippen LogP contribution in [-0.2, 0) is 10.2 Å². The first-order chi connectivity index (χ1) is 8.93. The number of carbonyl (C=O) groups is 1. The lowest BCUT2D eigenvalue weighted by atomic mass is 9.86. The van der Waals surface area contributed by atoms with Crippen molar-refractivity contribution in [2.75, 3.05) is 5.32 Å². The van der Waals surface area contributed by atoms with Crippen molar-refractivity contribution in [3.8, 4) is 0 Å². The SMILES string of the molecule is CC.CC.CC1(C)C(=O)Nc2ccc([N+](=O)[O-])cc21. The molecule has 1 aromatic rings. The van der Waals surface area contributed by atoms with Crippen LogP contribution in [0.5, 0.6) is 0 Å². The summed E-state index contributed by atoms with van der Waals surface area (Å²) in [5.74, 6) is -0.127. The molecule has 19 heavy (non-hydrogen) atoms. The van der Waals surface area contributed by atoms with Gasteiger partial charge in [-0.05, 0) is 25.5 Å². The van der Waals surface area contributed by atoms with E-state index in [1.165, 1.54) is 12.1 Å². The van der Waals surface area contributed by atoms with Gasteiger partial charge in [-0.25, -0.2) is 0 Å². The highest BCUT2D eigenvalue weighted by molar-refractivity contribution is 6.05. The lowest BCUT2D eigenvalue weighted by molar-refractivity contribution is -0.384. The Balaban J connectivity index is 0.000000741. The summed E-state index contributed by atoms with van der Waals surface area (Å²) in [4.78, 5) is 21.7. The van der Waals surface area contributed by atoms with Crippen LogP contribution in [0.1, 0.15) is 47.1 Å². The highest BCUT2D eigenvalue weighted by Gasteiger charge is 2.39. The number of hydrogen-bond donors (Lipinski definition) is 1. The lowest BCUT2D eigenvalue weighted by Crippen LogP contribution is -2.26. The van der Waals surface area contributed by atoms with Gasteiger partial charge in [-0.15, -0.1) is 0 Å². The number of anilines is 1. The maximum absolute atomic E-state index is 11.6. The van der Waals surface area contributed by atoms with Crippen molar-refractivity contribution in [1.82, 2.24) is 0 Å². The fourth-order valence-corrected chi connectivity index (χ4v) is 1.67. The van der Waals surface area contributed by atoms with Gasteiger partial charge in [0, 0.05) is 17.8 Å². The summed E-state index contributed by atoms with van der Waals surface area (Å²) >= 11 is 0. The Morgan fingerprint density at radius 1 is 1.16 bits per heavy atom. The molecule has 0 aromatic heterocycles. The highest BCUT2D eigenvalue weighted by Crippen LogP contribution is 2.38. The normalized spacial score (nSPS) is 14.1. The van der Waals surface area contributed by atoms with Gasteiger partial charge in [0.1, 0.15) is 0 Å². The summed E-state index contributed by atoms with van der Waals surface area (Å²) < 4.78 is 0. The number of carbonyl (C=O) groups excluding carboxylic acids is 1. The molecule has 1 aliphatic rings. The number of non-ortho nitro benzene ring substituents is 1. The van der Waals surface area contributed by atoms with E-state index in [2.05, 4.69) is 5.32 Å². The molecular formula is C14H22N2O3. The summed E-state index contributed by atoms with van der Waals surface area (Å²) in [6.45, 7) is 11.5. The average molecular weight is 266 g/mol. The van der Waals surface area contributed by atoms with Crippen LogP contribution in [0.4, 0.5) is 11.4 Å². The zero-order chi connectivity index (χ0) is 15.2. The summed E-state index contributed by atoms with van der Waals surface area (Å²) in [6.07, 6.45) is 0. The molecule has 5 heteroatoms. The molecular weight excluding hydrogens is 244 g/mol. The van der Waals surface area contributed by atoms with Crippen LogP contribution in [-0.4, -0.2) is 10.8 Å². The maximum Gasteiger partial charge on any atom is 0.269 e. The molecule has 0 saturated carbocycles. The van der Waals surface area contributed by atoms with Crippen LogP contribution in [0, 0.1) is 10.1 Å². The Bertz CT molecular complexity index is 468. The number of nitro benzene ring substituents is 1. The minimum absolute atomic E-state index is 0.0123. The number of rotatable bonds is 1. The zero-order valence-corrected chi connectivity index (χ0v) is 12.4. The van der Waals surface area contributed by atoms with Gasteiger partial charge in [0.05, 0.1) is 10.3 Å². The van der Waals surface area contributed by atoms with E-state index in [1.54, 1.807) is 19.9 Å². The van der Waals surface area contributed by atoms with Crippen molar-refractivity contribution in [1.29, 1.82) is 0 Å². The predicted molar refractivity (Wildman–Crippen MR) is 77.4 cm³/mol. The van der Waals surface area contributed by atoms with E-state index in [9.17, 15) is 14.9 Å². The Hall–Kier alpha value is -1.91. The van der Waals surface area contributed by atoms with Crippen molar-refractivity contribution >= 4 is 17.3 Å². The molecule has 1 amide bonds. The largest absolute Gasteiger partial charge is 0.325 e. The molecule has 0 fully saturated rings. The van der Waals surface area contributed by atoms with E-state index in [4.69, 9.17) is 0 Å². The van der Waals surface area contributed by atoms with Crippen molar-refractivity contribution in [2.24, 2.45) is 0 Å². The molecule has 1 aliphatic heterocycles. The molecule has 5 nitrogen and oxygen atoms in total. The van der Waals surface area contributed by atoms with Gasteiger partial charge < -0.3 is 5.32 Å². The third-order valence-corrected chi connectivity index (χ3v) is 2.70. The van der Waals surface area contributed by atoms with E-state index in [1.807, 2.05) is 27.7 Å². The quantitative estimate of drug-likeness (QED) is 0.619. The monoisotopic (exact) mass is 266 g/mol.